The van der Waals surface area contributed by atoms with E-state index >= 15 is 0 Å². The molecule has 1 aromatic rings. The van der Waals surface area contributed by atoms with Gasteiger partial charge in [0.15, 0.2) is 0 Å². The molecule has 3 rings (SSSR count). The van der Waals surface area contributed by atoms with E-state index in [1.165, 1.54) is 17.5 Å². The second-order valence-corrected chi connectivity index (χ2v) is 8.64. The Labute approximate surface area is 158 Å². The predicted octanol–water partition coefficient (Wildman–Crippen LogP) is 3.37. The molecule has 1 atom stereocenters. The molecule has 0 bridgehead atoms. The molecule has 0 saturated carbocycles. The first kappa shape index (κ1) is 19.4. The Bertz CT molecular complexity index is 585. The summed E-state index contributed by atoms with van der Waals surface area (Å²) in [4.78, 5) is 17.3. The lowest BCUT2D eigenvalue weighted by molar-refractivity contribution is -0.137. The van der Waals surface area contributed by atoms with Gasteiger partial charge in [0.25, 0.3) is 0 Å². The molecule has 1 aromatic carbocycles. The lowest BCUT2D eigenvalue weighted by Crippen LogP contribution is -2.47. The predicted molar refractivity (Wildman–Crippen MR) is 105 cm³/mol. The van der Waals surface area contributed by atoms with Gasteiger partial charge in [0.2, 0.25) is 5.91 Å². The molecule has 0 aromatic heterocycles. The van der Waals surface area contributed by atoms with Gasteiger partial charge in [0, 0.05) is 19.6 Å². The first-order chi connectivity index (χ1) is 12.4. The number of hydrogen-bond acceptors (Lipinski definition) is 3. The molecule has 1 N–H and O–H groups in total. The highest BCUT2D eigenvalue weighted by Crippen LogP contribution is 2.24. The Hall–Kier alpha value is -1.39. The Morgan fingerprint density at radius 3 is 2.35 bits per heavy atom. The van der Waals surface area contributed by atoms with E-state index in [2.05, 4.69) is 34.1 Å². The highest BCUT2D eigenvalue weighted by molar-refractivity contribution is 5.82. The molecule has 1 unspecified atom stereocenters. The van der Waals surface area contributed by atoms with E-state index in [9.17, 15) is 9.90 Å². The van der Waals surface area contributed by atoms with Crippen LogP contribution in [0.15, 0.2) is 24.3 Å². The third-order valence-electron chi connectivity index (χ3n) is 5.75. The van der Waals surface area contributed by atoms with Gasteiger partial charge in [-0.2, -0.15) is 0 Å². The summed E-state index contributed by atoms with van der Waals surface area (Å²) in [6.45, 7) is 7.47. The zero-order chi connectivity index (χ0) is 18.6. The average Bonchev–Trinajstić information content (AvgIpc) is 3.09. The van der Waals surface area contributed by atoms with Crippen molar-refractivity contribution < 1.29 is 9.90 Å². The second kappa shape index (κ2) is 8.53. The van der Waals surface area contributed by atoms with Gasteiger partial charge < -0.3 is 10.0 Å². The van der Waals surface area contributed by atoms with Crippen LogP contribution in [-0.2, 0) is 17.8 Å². The Kier molecular flexibility index (Phi) is 6.36. The lowest BCUT2D eigenvalue weighted by atomic mass is 9.98. The maximum atomic E-state index is 12.9. The zero-order valence-electron chi connectivity index (χ0n) is 16.4. The van der Waals surface area contributed by atoms with Gasteiger partial charge in [0.05, 0.1) is 11.6 Å². The molecule has 1 amide bonds. The smallest absolute Gasteiger partial charge is 0.239 e. The Balaban J connectivity index is 1.56. The van der Waals surface area contributed by atoms with Crippen molar-refractivity contribution in [2.24, 2.45) is 0 Å². The summed E-state index contributed by atoms with van der Waals surface area (Å²) in [5, 5.41) is 9.87. The monoisotopic (exact) mass is 358 g/mol. The number of hydrogen-bond donors (Lipinski definition) is 1. The van der Waals surface area contributed by atoms with Crippen LogP contribution in [0.1, 0.15) is 63.5 Å². The molecule has 4 heteroatoms. The van der Waals surface area contributed by atoms with Crippen LogP contribution < -0.4 is 0 Å². The Morgan fingerprint density at radius 2 is 1.69 bits per heavy atom. The van der Waals surface area contributed by atoms with Crippen molar-refractivity contribution in [2.75, 3.05) is 19.6 Å². The van der Waals surface area contributed by atoms with Gasteiger partial charge in [-0.3, -0.25) is 9.69 Å². The number of aryl methyl sites for hydroxylation is 1. The lowest BCUT2D eigenvalue weighted by Gasteiger charge is -2.32. The van der Waals surface area contributed by atoms with E-state index in [1.54, 1.807) is 0 Å². The normalized spacial score (nSPS) is 22.0. The van der Waals surface area contributed by atoms with Crippen molar-refractivity contribution in [1.29, 1.82) is 0 Å². The highest BCUT2D eigenvalue weighted by atomic mass is 16.3. The molecule has 26 heavy (non-hydrogen) atoms. The number of benzene rings is 1. The van der Waals surface area contributed by atoms with Crippen molar-refractivity contribution in [2.45, 2.75) is 77.0 Å². The van der Waals surface area contributed by atoms with Crippen LogP contribution in [-0.4, -0.2) is 52.1 Å². The summed E-state index contributed by atoms with van der Waals surface area (Å²) >= 11 is 0. The average molecular weight is 359 g/mol. The molecule has 0 aliphatic carbocycles. The fourth-order valence-electron chi connectivity index (χ4n) is 4.12. The molecule has 2 aliphatic heterocycles. The van der Waals surface area contributed by atoms with Crippen LogP contribution in [0, 0.1) is 0 Å². The maximum Gasteiger partial charge on any atom is 0.239 e. The maximum absolute atomic E-state index is 12.9. The molecule has 0 spiro atoms. The van der Waals surface area contributed by atoms with E-state index in [1.807, 2.05) is 13.8 Å². The van der Waals surface area contributed by atoms with Crippen LogP contribution in [0.4, 0.5) is 0 Å². The van der Waals surface area contributed by atoms with E-state index in [0.717, 1.165) is 64.7 Å². The summed E-state index contributed by atoms with van der Waals surface area (Å²) in [5.41, 5.74) is 1.92. The quantitative estimate of drug-likeness (QED) is 0.848. The second-order valence-electron chi connectivity index (χ2n) is 8.64. The van der Waals surface area contributed by atoms with Crippen LogP contribution in [0.25, 0.3) is 0 Å². The topological polar surface area (TPSA) is 43.8 Å². The first-order valence-corrected chi connectivity index (χ1v) is 10.3. The molecule has 2 fully saturated rings. The summed E-state index contributed by atoms with van der Waals surface area (Å²) in [6, 6.07) is 8.76. The van der Waals surface area contributed by atoms with E-state index in [-0.39, 0.29) is 6.04 Å². The van der Waals surface area contributed by atoms with Crippen LogP contribution in [0.2, 0.25) is 0 Å². The molecular weight excluding hydrogens is 324 g/mol. The van der Waals surface area contributed by atoms with Crippen molar-refractivity contribution in [3.63, 3.8) is 0 Å². The SMILES string of the molecule is CC(C)(O)CCc1ccc(CN2CCCC2C(=O)N2CCCCC2)cc1. The number of nitrogens with zero attached hydrogens (tertiary/aromatic N) is 2. The highest BCUT2D eigenvalue weighted by Gasteiger charge is 2.33. The standard InChI is InChI=1S/C22H34N2O2/c1-22(2,26)13-12-18-8-10-19(11-9-18)17-24-16-6-7-20(24)21(25)23-14-4-3-5-15-23/h8-11,20,26H,3-7,12-17H2,1-2H3. The number of carbonyl (C=O) groups excluding carboxylic acids is 1. The van der Waals surface area contributed by atoms with Crippen LogP contribution >= 0.6 is 0 Å². The van der Waals surface area contributed by atoms with Crippen LogP contribution in [0.5, 0.6) is 0 Å². The van der Waals surface area contributed by atoms with Crippen molar-refractivity contribution in [1.82, 2.24) is 9.80 Å². The number of likely N-dealkylation sites (tertiary alicyclic amines) is 2. The fraction of sp³-hybridized carbons (Fsp3) is 0.682. The number of rotatable bonds is 6. The molecule has 2 heterocycles. The van der Waals surface area contributed by atoms with E-state index < -0.39 is 5.60 Å². The first-order valence-electron chi connectivity index (χ1n) is 10.3. The molecule has 144 valence electrons. The molecular formula is C22H34N2O2. The number of carbonyl (C=O) groups is 1. The summed E-state index contributed by atoms with van der Waals surface area (Å²) in [7, 11) is 0. The van der Waals surface area contributed by atoms with Crippen molar-refractivity contribution >= 4 is 5.91 Å². The minimum atomic E-state index is -0.615. The third-order valence-corrected chi connectivity index (χ3v) is 5.75. The van der Waals surface area contributed by atoms with Gasteiger partial charge in [-0.25, -0.2) is 0 Å². The van der Waals surface area contributed by atoms with Gasteiger partial charge in [-0.05, 0) is 76.5 Å². The molecule has 0 radical (unpaired) electrons. The molecule has 2 aliphatic rings. The van der Waals surface area contributed by atoms with E-state index in [0.29, 0.717) is 5.91 Å². The van der Waals surface area contributed by atoms with Gasteiger partial charge in [-0.1, -0.05) is 24.3 Å². The van der Waals surface area contributed by atoms with Crippen molar-refractivity contribution in [3.8, 4) is 0 Å². The molecule has 4 nitrogen and oxygen atoms in total. The minimum absolute atomic E-state index is 0.0722. The minimum Gasteiger partial charge on any atom is -0.390 e. The zero-order valence-corrected chi connectivity index (χ0v) is 16.4. The fourth-order valence-corrected chi connectivity index (χ4v) is 4.12. The van der Waals surface area contributed by atoms with E-state index in [4.69, 9.17) is 0 Å². The summed E-state index contributed by atoms with van der Waals surface area (Å²) < 4.78 is 0. The number of amides is 1. The van der Waals surface area contributed by atoms with Crippen molar-refractivity contribution in [3.05, 3.63) is 35.4 Å². The number of aliphatic hydroxyl groups is 1. The van der Waals surface area contributed by atoms with Gasteiger partial charge in [-0.15, -0.1) is 0 Å². The van der Waals surface area contributed by atoms with Crippen LogP contribution in [0.3, 0.4) is 0 Å². The van der Waals surface area contributed by atoms with Gasteiger partial charge in [0.1, 0.15) is 0 Å². The third kappa shape index (κ3) is 5.31. The largest absolute Gasteiger partial charge is 0.390 e. The molecule has 2 saturated heterocycles. The summed E-state index contributed by atoms with van der Waals surface area (Å²) in [6.07, 6.45) is 7.36. The Morgan fingerprint density at radius 1 is 1.04 bits per heavy atom. The number of piperidine rings is 1. The van der Waals surface area contributed by atoms with Gasteiger partial charge >= 0.3 is 0 Å². The summed E-state index contributed by atoms with van der Waals surface area (Å²) in [5.74, 6) is 0.351.